The van der Waals surface area contributed by atoms with Crippen molar-refractivity contribution in [1.82, 2.24) is 14.6 Å². The summed E-state index contributed by atoms with van der Waals surface area (Å²) in [5.41, 5.74) is 0. The number of likely N-dealkylation sites (N-methyl/N-ethyl adjacent to an activating group) is 1. The molecule has 1 N–H and O–H groups in total. The lowest BCUT2D eigenvalue weighted by Gasteiger charge is -2.16. The number of carbonyl (C=O) groups is 1. The van der Waals surface area contributed by atoms with E-state index >= 15 is 0 Å². The van der Waals surface area contributed by atoms with Crippen LogP contribution in [0.4, 0.5) is 0 Å². The van der Waals surface area contributed by atoms with E-state index in [9.17, 15) is 13.2 Å². The minimum atomic E-state index is -3.69. The lowest BCUT2D eigenvalue weighted by molar-refractivity contribution is -0.121. The van der Waals surface area contributed by atoms with Crippen LogP contribution in [0.2, 0.25) is 0 Å². The monoisotopic (exact) mass is 347 g/mol. The molecule has 1 fully saturated rings. The van der Waals surface area contributed by atoms with E-state index in [0.717, 1.165) is 17.1 Å². The van der Waals surface area contributed by atoms with Gasteiger partial charge in [0.25, 0.3) is 0 Å². The highest BCUT2D eigenvalue weighted by Gasteiger charge is 2.27. The number of nitrogens with one attached hydrogen (secondary N) is 1. The van der Waals surface area contributed by atoms with Gasteiger partial charge in [-0.25, -0.2) is 8.42 Å². The van der Waals surface area contributed by atoms with Crippen molar-refractivity contribution < 1.29 is 13.2 Å². The Bertz CT molecular complexity index is 587. The Labute approximate surface area is 120 Å². The Morgan fingerprint density at radius 2 is 2.21 bits per heavy atom. The number of halogens is 1. The molecule has 104 valence electrons. The van der Waals surface area contributed by atoms with E-state index in [-0.39, 0.29) is 23.4 Å². The first-order chi connectivity index (χ1) is 8.89. The Morgan fingerprint density at radius 1 is 1.53 bits per heavy atom. The summed E-state index contributed by atoms with van der Waals surface area (Å²) in [7, 11) is -2.31. The van der Waals surface area contributed by atoms with Crippen molar-refractivity contribution in [1.29, 1.82) is 0 Å². The summed E-state index contributed by atoms with van der Waals surface area (Å²) in [5.74, 6) is -0.281. The molecular weight excluding hydrogens is 334 g/mol. The molecule has 0 aromatic carbocycles. The summed E-state index contributed by atoms with van der Waals surface area (Å²) in [6, 6.07) is 1.67. The molecule has 0 unspecified atom stereocenters. The zero-order valence-electron chi connectivity index (χ0n) is 10.3. The van der Waals surface area contributed by atoms with Gasteiger partial charge in [0.2, 0.25) is 15.9 Å². The lowest BCUT2D eigenvalue weighted by atomic mass is 10.5. The van der Waals surface area contributed by atoms with Gasteiger partial charge >= 0.3 is 0 Å². The molecule has 19 heavy (non-hydrogen) atoms. The number of aromatic nitrogens is 1. The van der Waals surface area contributed by atoms with Crippen LogP contribution in [0.1, 0.15) is 12.8 Å². The zero-order chi connectivity index (χ0) is 14.0. The Balaban J connectivity index is 2.07. The van der Waals surface area contributed by atoms with Gasteiger partial charge in [0.1, 0.15) is 4.90 Å². The molecule has 0 aliphatic heterocycles. The quantitative estimate of drug-likeness (QED) is 0.851. The maximum absolute atomic E-state index is 12.2. The molecule has 1 aromatic heterocycles. The maximum atomic E-state index is 12.2. The molecule has 0 saturated heterocycles. The van der Waals surface area contributed by atoms with Crippen LogP contribution in [-0.4, -0.2) is 43.2 Å². The van der Waals surface area contributed by atoms with Crippen molar-refractivity contribution >= 4 is 31.9 Å². The number of amides is 1. The van der Waals surface area contributed by atoms with Crippen LogP contribution in [0.25, 0.3) is 0 Å². The van der Waals surface area contributed by atoms with Crippen LogP contribution in [0.15, 0.2) is 27.8 Å². The normalized spacial score (nSPS) is 15.5. The summed E-state index contributed by atoms with van der Waals surface area (Å²) < 4.78 is 26.0. The second-order valence-corrected chi connectivity index (χ2v) is 7.40. The molecule has 1 aliphatic rings. The zero-order valence-corrected chi connectivity index (χ0v) is 12.7. The first kappa shape index (κ1) is 14.4. The van der Waals surface area contributed by atoms with E-state index in [4.69, 9.17) is 0 Å². The Hall–Kier alpha value is -0.990. The molecule has 0 atom stereocenters. The van der Waals surface area contributed by atoms with Gasteiger partial charge in [0.15, 0.2) is 0 Å². The predicted molar refractivity (Wildman–Crippen MR) is 72.9 cm³/mol. The van der Waals surface area contributed by atoms with Crippen molar-refractivity contribution in [3.8, 4) is 0 Å². The average Bonchev–Trinajstić information content (AvgIpc) is 3.12. The minimum Gasteiger partial charge on any atom is -0.352 e. The van der Waals surface area contributed by atoms with E-state index in [1.807, 2.05) is 0 Å². The first-order valence-corrected chi connectivity index (χ1v) is 7.99. The van der Waals surface area contributed by atoms with Crippen LogP contribution in [-0.2, 0) is 14.8 Å². The van der Waals surface area contributed by atoms with Crippen LogP contribution >= 0.6 is 15.9 Å². The summed E-state index contributed by atoms with van der Waals surface area (Å²) in [4.78, 5) is 15.5. The fourth-order valence-electron chi connectivity index (χ4n) is 1.50. The van der Waals surface area contributed by atoms with Crippen molar-refractivity contribution in [2.24, 2.45) is 0 Å². The van der Waals surface area contributed by atoms with Gasteiger partial charge < -0.3 is 5.32 Å². The molecule has 0 spiro atoms. The number of hydrogen-bond acceptors (Lipinski definition) is 4. The van der Waals surface area contributed by atoms with Crippen molar-refractivity contribution in [3.05, 3.63) is 22.9 Å². The number of nitrogens with zero attached hydrogens (tertiary/aromatic N) is 2. The Morgan fingerprint density at radius 3 is 2.79 bits per heavy atom. The highest BCUT2D eigenvalue weighted by molar-refractivity contribution is 9.10. The number of hydrogen-bond donors (Lipinski definition) is 1. The predicted octanol–water partition coefficient (Wildman–Crippen LogP) is 0.743. The summed E-state index contributed by atoms with van der Waals surface area (Å²) >= 11 is 3.17. The number of pyridine rings is 1. The minimum absolute atomic E-state index is 0.0589. The smallest absolute Gasteiger partial charge is 0.244 e. The van der Waals surface area contributed by atoms with Gasteiger partial charge in [-0.2, -0.15) is 4.31 Å². The first-order valence-electron chi connectivity index (χ1n) is 5.76. The third-order valence-corrected chi connectivity index (χ3v) is 4.90. The number of rotatable bonds is 5. The fourth-order valence-corrected chi connectivity index (χ4v) is 3.14. The maximum Gasteiger partial charge on any atom is 0.244 e. The third-order valence-electron chi connectivity index (χ3n) is 2.70. The lowest BCUT2D eigenvalue weighted by Crippen LogP contribution is -2.39. The number of sulfonamides is 1. The summed E-state index contributed by atoms with van der Waals surface area (Å²) in [6.07, 6.45) is 4.70. The van der Waals surface area contributed by atoms with Crippen molar-refractivity contribution in [3.63, 3.8) is 0 Å². The highest BCUT2D eigenvalue weighted by atomic mass is 79.9. The molecule has 2 rings (SSSR count). The molecule has 8 heteroatoms. The number of carbonyl (C=O) groups excluding carboxylic acids is 1. The largest absolute Gasteiger partial charge is 0.352 e. The van der Waals surface area contributed by atoms with Crippen LogP contribution in [0.3, 0.4) is 0 Å². The van der Waals surface area contributed by atoms with Crippen LogP contribution in [0, 0.1) is 0 Å². The van der Waals surface area contributed by atoms with Gasteiger partial charge in [0.05, 0.1) is 6.54 Å². The van der Waals surface area contributed by atoms with E-state index < -0.39 is 10.0 Å². The van der Waals surface area contributed by atoms with E-state index in [0.29, 0.717) is 4.47 Å². The fraction of sp³-hybridized carbons (Fsp3) is 0.455. The van der Waals surface area contributed by atoms with Gasteiger partial charge in [-0.15, -0.1) is 0 Å². The van der Waals surface area contributed by atoms with E-state index in [1.54, 1.807) is 0 Å². The third kappa shape index (κ3) is 3.74. The van der Waals surface area contributed by atoms with Crippen LogP contribution in [0.5, 0.6) is 0 Å². The second-order valence-electron chi connectivity index (χ2n) is 4.44. The highest BCUT2D eigenvalue weighted by Crippen LogP contribution is 2.19. The van der Waals surface area contributed by atoms with Crippen molar-refractivity contribution in [2.75, 3.05) is 13.6 Å². The second kappa shape index (κ2) is 5.56. The molecular formula is C11H14BrN3O3S. The molecule has 1 saturated carbocycles. The average molecular weight is 348 g/mol. The molecule has 1 aromatic rings. The van der Waals surface area contributed by atoms with Gasteiger partial charge in [-0.3, -0.25) is 9.78 Å². The summed E-state index contributed by atoms with van der Waals surface area (Å²) in [5, 5.41) is 2.75. The molecule has 0 radical (unpaired) electrons. The van der Waals surface area contributed by atoms with Crippen LogP contribution < -0.4 is 5.32 Å². The van der Waals surface area contributed by atoms with E-state index in [1.165, 1.54) is 25.5 Å². The molecule has 1 aliphatic carbocycles. The molecule has 6 nitrogen and oxygen atoms in total. The van der Waals surface area contributed by atoms with Gasteiger partial charge in [0, 0.05) is 30.0 Å². The molecule has 1 heterocycles. The van der Waals surface area contributed by atoms with Gasteiger partial charge in [-0.1, -0.05) is 0 Å². The molecule has 0 bridgehead atoms. The molecule has 1 amide bonds. The standard InChI is InChI=1S/C11H14BrN3O3S/c1-15(7-11(16)14-9-2-3-9)19(17,18)10-4-8(12)5-13-6-10/h4-6,9H,2-3,7H2,1H3,(H,14,16). The summed E-state index contributed by atoms with van der Waals surface area (Å²) in [6.45, 7) is -0.189. The van der Waals surface area contributed by atoms with Crippen molar-refractivity contribution in [2.45, 2.75) is 23.8 Å². The Kier molecular flexibility index (Phi) is 4.22. The van der Waals surface area contributed by atoms with E-state index in [2.05, 4.69) is 26.2 Å². The topological polar surface area (TPSA) is 79.4 Å². The SMILES string of the molecule is CN(CC(=O)NC1CC1)S(=O)(=O)c1cncc(Br)c1. The van der Waals surface area contributed by atoms with Gasteiger partial charge in [-0.05, 0) is 34.8 Å².